The minimum atomic E-state index is 0.714. The zero-order chi connectivity index (χ0) is 10.5. The largest absolute Gasteiger partial charge is 0.315 e. The van der Waals surface area contributed by atoms with E-state index in [1.165, 1.54) is 31.6 Å². The summed E-state index contributed by atoms with van der Waals surface area (Å²) < 4.78 is 0. The lowest BCUT2D eigenvalue weighted by atomic mass is 10.2. The normalized spacial score (nSPS) is 21.3. The maximum Gasteiger partial charge on any atom is 0.0795 e. The highest BCUT2D eigenvalue weighted by molar-refractivity contribution is 7.07. The fourth-order valence-corrected chi connectivity index (χ4v) is 2.70. The molecule has 1 fully saturated rings. The Bertz CT molecular complexity index is 267. The highest BCUT2D eigenvalue weighted by Gasteiger charge is 2.21. The van der Waals surface area contributed by atoms with Crippen LogP contribution in [0.25, 0.3) is 0 Å². The summed E-state index contributed by atoms with van der Waals surface area (Å²) in [5.74, 6) is 0. The van der Waals surface area contributed by atoms with Gasteiger partial charge in [0.25, 0.3) is 0 Å². The number of aromatic nitrogens is 1. The molecule has 0 amide bonds. The molecular weight excluding hydrogens is 206 g/mol. The predicted molar refractivity (Wildman–Crippen MR) is 64.1 cm³/mol. The lowest BCUT2D eigenvalue weighted by molar-refractivity contribution is 0.197. The second-order valence-electron chi connectivity index (χ2n) is 4.10. The molecule has 1 atom stereocenters. The van der Waals surface area contributed by atoms with Gasteiger partial charge in [0, 0.05) is 24.5 Å². The van der Waals surface area contributed by atoms with Crippen LogP contribution in [0.3, 0.4) is 0 Å². The van der Waals surface area contributed by atoms with Crippen LogP contribution in [0.15, 0.2) is 10.9 Å². The van der Waals surface area contributed by atoms with Crippen LogP contribution in [0.1, 0.15) is 25.5 Å². The quantitative estimate of drug-likeness (QED) is 0.827. The van der Waals surface area contributed by atoms with Crippen LogP contribution >= 0.6 is 11.3 Å². The summed E-state index contributed by atoms with van der Waals surface area (Å²) in [5.41, 5.74) is 3.15. The molecule has 15 heavy (non-hydrogen) atoms. The van der Waals surface area contributed by atoms with E-state index < -0.39 is 0 Å². The molecule has 0 saturated carbocycles. The van der Waals surface area contributed by atoms with Gasteiger partial charge >= 0.3 is 0 Å². The van der Waals surface area contributed by atoms with Crippen LogP contribution in [0.4, 0.5) is 0 Å². The SMILES string of the molecule is CCCN(Cc1cscn1)C1CCNC1. The van der Waals surface area contributed by atoms with E-state index in [9.17, 15) is 0 Å². The van der Waals surface area contributed by atoms with Crippen molar-refractivity contribution in [3.05, 3.63) is 16.6 Å². The van der Waals surface area contributed by atoms with Crippen LogP contribution in [0.2, 0.25) is 0 Å². The van der Waals surface area contributed by atoms with Crippen molar-refractivity contribution in [2.75, 3.05) is 19.6 Å². The fourth-order valence-electron chi connectivity index (χ4n) is 2.15. The molecule has 84 valence electrons. The van der Waals surface area contributed by atoms with Crippen LogP contribution in [-0.4, -0.2) is 35.6 Å². The van der Waals surface area contributed by atoms with Crippen molar-refractivity contribution in [1.82, 2.24) is 15.2 Å². The van der Waals surface area contributed by atoms with E-state index >= 15 is 0 Å². The van der Waals surface area contributed by atoms with Gasteiger partial charge in [-0.25, -0.2) is 4.98 Å². The van der Waals surface area contributed by atoms with Gasteiger partial charge in [-0.1, -0.05) is 6.92 Å². The minimum absolute atomic E-state index is 0.714. The summed E-state index contributed by atoms with van der Waals surface area (Å²) in [6.45, 7) is 6.76. The van der Waals surface area contributed by atoms with Crippen molar-refractivity contribution < 1.29 is 0 Å². The predicted octanol–water partition coefficient (Wildman–Crippen LogP) is 1.72. The molecule has 2 rings (SSSR count). The maximum absolute atomic E-state index is 4.37. The summed E-state index contributed by atoms with van der Waals surface area (Å²) in [7, 11) is 0. The first kappa shape index (κ1) is 11.0. The first-order chi connectivity index (χ1) is 7.40. The number of nitrogens with one attached hydrogen (secondary N) is 1. The monoisotopic (exact) mass is 225 g/mol. The molecular formula is C11H19N3S. The molecule has 1 unspecified atom stereocenters. The van der Waals surface area contributed by atoms with Crippen molar-refractivity contribution in [3.63, 3.8) is 0 Å². The molecule has 3 nitrogen and oxygen atoms in total. The Balaban J connectivity index is 1.93. The van der Waals surface area contributed by atoms with Gasteiger partial charge in [0.15, 0.2) is 0 Å². The van der Waals surface area contributed by atoms with Crippen LogP contribution in [-0.2, 0) is 6.54 Å². The highest BCUT2D eigenvalue weighted by atomic mass is 32.1. The van der Waals surface area contributed by atoms with E-state index in [0.717, 1.165) is 13.1 Å². The van der Waals surface area contributed by atoms with Crippen molar-refractivity contribution in [1.29, 1.82) is 0 Å². The summed E-state index contributed by atoms with van der Waals surface area (Å²) in [6, 6.07) is 0.714. The molecule has 0 radical (unpaired) electrons. The molecule has 0 aliphatic carbocycles. The number of nitrogens with zero attached hydrogens (tertiary/aromatic N) is 2. The van der Waals surface area contributed by atoms with Crippen LogP contribution in [0, 0.1) is 0 Å². The second-order valence-corrected chi connectivity index (χ2v) is 4.82. The third-order valence-corrected chi connectivity index (χ3v) is 3.55. The lowest BCUT2D eigenvalue weighted by Crippen LogP contribution is -2.36. The Morgan fingerprint density at radius 3 is 3.20 bits per heavy atom. The van der Waals surface area contributed by atoms with Gasteiger partial charge in [-0.3, -0.25) is 4.90 Å². The van der Waals surface area contributed by atoms with Crippen molar-refractivity contribution in [2.45, 2.75) is 32.4 Å². The first-order valence-electron chi connectivity index (χ1n) is 5.72. The molecule has 1 aromatic rings. The van der Waals surface area contributed by atoms with E-state index in [-0.39, 0.29) is 0 Å². The van der Waals surface area contributed by atoms with Gasteiger partial charge in [0.2, 0.25) is 0 Å². The van der Waals surface area contributed by atoms with E-state index in [2.05, 4.69) is 27.5 Å². The number of rotatable bonds is 5. The Hall–Kier alpha value is -0.450. The number of hydrogen-bond donors (Lipinski definition) is 1. The Labute approximate surface area is 95.5 Å². The summed E-state index contributed by atoms with van der Waals surface area (Å²) >= 11 is 1.69. The molecule has 2 heterocycles. The molecule has 1 N–H and O–H groups in total. The molecule has 1 aliphatic heterocycles. The average Bonchev–Trinajstić information content (AvgIpc) is 2.89. The van der Waals surface area contributed by atoms with E-state index in [1.807, 2.05) is 5.51 Å². The van der Waals surface area contributed by atoms with Gasteiger partial charge < -0.3 is 5.32 Å². The zero-order valence-electron chi connectivity index (χ0n) is 9.28. The van der Waals surface area contributed by atoms with Gasteiger partial charge in [-0.05, 0) is 25.9 Å². The highest BCUT2D eigenvalue weighted by Crippen LogP contribution is 2.13. The molecule has 1 saturated heterocycles. The Morgan fingerprint density at radius 1 is 1.67 bits per heavy atom. The van der Waals surface area contributed by atoms with Crippen LogP contribution in [0.5, 0.6) is 0 Å². The van der Waals surface area contributed by atoms with Crippen LogP contribution < -0.4 is 5.32 Å². The first-order valence-corrected chi connectivity index (χ1v) is 6.66. The van der Waals surface area contributed by atoms with Gasteiger partial charge in [-0.2, -0.15) is 0 Å². The minimum Gasteiger partial charge on any atom is -0.315 e. The summed E-state index contributed by atoms with van der Waals surface area (Å²) in [4.78, 5) is 6.93. The second kappa shape index (κ2) is 5.58. The molecule has 0 aromatic carbocycles. The molecule has 0 bridgehead atoms. The van der Waals surface area contributed by atoms with Gasteiger partial charge in [0.05, 0.1) is 11.2 Å². The van der Waals surface area contributed by atoms with E-state index in [0.29, 0.717) is 6.04 Å². The van der Waals surface area contributed by atoms with E-state index in [4.69, 9.17) is 0 Å². The van der Waals surface area contributed by atoms with Gasteiger partial charge in [-0.15, -0.1) is 11.3 Å². The summed E-state index contributed by atoms with van der Waals surface area (Å²) in [5, 5.41) is 5.59. The van der Waals surface area contributed by atoms with E-state index in [1.54, 1.807) is 11.3 Å². The molecule has 0 spiro atoms. The summed E-state index contributed by atoms with van der Waals surface area (Å²) in [6.07, 6.45) is 2.50. The van der Waals surface area contributed by atoms with Crippen molar-refractivity contribution >= 4 is 11.3 Å². The van der Waals surface area contributed by atoms with Gasteiger partial charge in [0.1, 0.15) is 0 Å². The molecule has 4 heteroatoms. The smallest absolute Gasteiger partial charge is 0.0795 e. The topological polar surface area (TPSA) is 28.2 Å². The lowest BCUT2D eigenvalue weighted by Gasteiger charge is -2.27. The number of thiazole rings is 1. The Morgan fingerprint density at radius 2 is 2.60 bits per heavy atom. The number of hydrogen-bond acceptors (Lipinski definition) is 4. The third-order valence-electron chi connectivity index (χ3n) is 2.91. The molecule has 1 aromatic heterocycles. The average molecular weight is 225 g/mol. The van der Waals surface area contributed by atoms with Crippen molar-refractivity contribution in [3.8, 4) is 0 Å². The Kier molecular flexibility index (Phi) is 4.11. The third kappa shape index (κ3) is 3.00. The zero-order valence-corrected chi connectivity index (χ0v) is 10.1. The molecule has 1 aliphatic rings. The van der Waals surface area contributed by atoms with Crippen molar-refractivity contribution in [2.24, 2.45) is 0 Å². The maximum atomic E-state index is 4.37. The standard InChI is InChI=1S/C11H19N3S/c1-2-5-14(11-3-4-12-6-11)7-10-8-15-9-13-10/h8-9,11-12H,2-7H2,1H3. The fraction of sp³-hybridized carbons (Fsp3) is 0.727.